The van der Waals surface area contributed by atoms with Crippen LogP contribution in [0.15, 0.2) is 84.9 Å². The fraction of sp³-hybridized carbons (Fsp3) is 0.125. The molecule has 0 aliphatic heterocycles. The normalized spacial score (nSPS) is 11.9. The van der Waals surface area contributed by atoms with Gasteiger partial charge in [0.05, 0.1) is 18.3 Å². The molecule has 1 unspecified atom stereocenters. The Balaban J connectivity index is 1.44. The lowest BCUT2D eigenvalue weighted by molar-refractivity contribution is 0.0812. The average Bonchev–Trinajstić information content (AvgIpc) is 2.79. The third kappa shape index (κ3) is 4.37. The van der Waals surface area contributed by atoms with E-state index in [1.165, 1.54) is 0 Å². The Bertz CT molecular complexity index is 1080. The number of methoxy groups -OCH3 is 1. The van der Waals surface area contributed by atoms with Crippen molar-refractivity contribution in [2.75, 3.05) is 7.11 Å². The van der Waals surface area contributed by atoms with Gasteiger partial charge < -0.3 is 9.47 Å². The Labute approximate surface area is 169 Å². The van der Waals surface area contributed by atoms with Gasteiger partial charge in [0.25, 0.3) is 0 Å². The largest absolute Gasteiger partial charge is 0.497 e. The monoisotopic (exact) mass is 386 g/mol. The van der Waals surface area contributed by atoms with E-state index in [1.807, 2.05) is 78.9 Å². The van der Waals surface area contributed by atoms with Crippen LogP contribution in [-0.4, -0.2) is 12.1 Å². The molecule has 0 bridgehead atoms. The van der Waals surface area contributed by atoms with Crippen molar-refractivity contribution < 1.29 is 14.3 Å². The second-order valence-corrected chi connectivity index (χ2v) is 6.64. The number of aromatic nitrogens is 1. The first kappa shape index (κ1) is 18.9. The number of hydrogen-bond donors (Lipinski definition) is 1. The summed E-state index contributed by atoms with van der Waals surface area (Å²) in [4.78, 5) is 9.85. The highest BCUT2D eigenvalue weighted by molar-refractivity contribution is 5.78. The molecule has 1 atom stereocenters. The number of nitrogens with zero attached hydrogens (tertiary/aromatic N) is 1. The van der Waals surface area contributed by atoms with E-state index >= 15 is 0 Å². The summed E-state index contributed by atoms with van der Waals surface area (Å²) >= 11 is 0. The molecule has 0 fully saturated rings. The number of rotatable bonds is 7. The van der Waals surface area contributed by atoms with Gasteiger partial charge in [-0.25, -0.2) is 10.9 Å². The molecule has 5 nitrogen and oxygen atoms in total. The van der Waals surface area contributed by atoms with Gasteiger partial charge in [0.1, 0.15) is 24.2 Å². The fourth-order valence-corrected chi connectivity index (χ4v) is 3.21. The summed E-state index contributed by atoms with van der Waals surface area (Å²) in [5.41, 5.74) is 3.73. The molecule has 146 valence electrons. The molecule has 4 rings (SSSR count). The van der Waals surface area contributed by atoms with Gasteiger partial charge in [0.15, 0.2) is 0 Å². The van der Waals surface area contributed by atoms with Crippen LogP contribution in [0.5, 0.6) is 11.5 Å². The molecule has 1 aromatic heterocycles. The number of fused-ring (bicyclic) bond motifs is 1. The topological polar surface area (TPSA) is 66.6 Å². The van der Waals surface area contributed by atoms with Gasteiger partial charge in [-0.15, -0.1) is 0 Å². The summed E-state index contributed by atoms with van der Waals surface area (Å²) in [6.45, 7) is 0.402. The van der Waals surface area contributed by atoms with Crippen LogP contribution in [0.2, 0.25) is 0 Å². The predicted molar refractivity (Wildman–Crippen MR) is 113 cm³/mol. The van der Waals surface area contributed by atoms with Crippen LogP contribution in [0.4, 0.5) is 0 Å². The number of hydrogen-bond acceptors (Lipinski definition) is 5. The van der Waals surface area contributed by atoms with Gasteiger partial charge in [0, 0.05) is 5.39 Å². The molecule has 0 saturated heterocycles. The van der Waals surface area contributed by atoms with Crippen LogP contribution in [-0.2, 0) is 11.4 Å². The summed E-state index contributed by atoms with van der Waals surface area (Å²) in [6.07, 6.45) is -0.364. The minimum Gasteiger partial charge on any atom is -0.497 e. The Morgan fingerprint density at radius 2 is 1.45 bits per heavy atom. The molecular weight excluding hydrogens is 364 g/mol. The minimum atomic E-state index is -0.364. The smallest absolute Gasteiger partial charge is 0.130 e. The van der Waals surface area contributed by atoms with Gasteiger partial charge in [-0.05, 0) is 47.5 Å². The van der Waals surface area contributed by atoms with E-state index in [4.69, 9.17) is 20.2 Å². The van der Waals surface area contributed by atoms with Crippen molar-refractivity contribution in [2.45, 2.75) is 12.7 Å². The molecule has 5 heteroatoms. The van der Waals surface area contributed by atoms with Crippen molar-refractivity contribution in [2.24, 2.45) is 5.90 Å². The lowest BCUT2D eigenvalue weighted by atomic mass is 10.0. The maximum atomic E-state index is 5.89. The lowest BCUT2D eigenvalue weighted by Crippen LogP contribution is -2.10. The van der Waals surface area contributed by atoms with Crippen LogP contribution in [0.3, 0.4) is 0 Å². The molecule has 29 heavy (non-hydrogen) atoms. The number of pyridine rings is 1. The number of para-hydroxylation sites is 1. The quantitative estimate of drug-likeness (QED) is 0.462. The molecule has 0 aliphatic carbocycles. The van der Waals surface area contributed by atoms with Gasteiger partial charge in [-0.1, -0.05) is 48.5 Å². The Kier molecular flexibility index (Phi) is 5.70. The summed E-state index contributed by atoms with van der Waals surface area (Å²) in [6, 6.07) is 27.4. The van der Waals surface area contributed by atoms with Crippen molar-refractivity contribution in [1.82, 2.24) is 4.98 Å². The maximum Gasteiger partial charge on any atom is 0.130 e. The standard InChI is InChI=1S/C24H22N2O3/c1-27-21-12-7-18(8-13-21)24(29-25)19-9-14-22(15-10-19)28-16-20-11-6-17-4-2-3-5-23(17)26-20/h2-15,24H,16,25H2,1H3. The van der Waals surface area contributed by atoms with E-state index in [1.54, 1.807) is 7.11 Å². The molecular formula is C24H22N2O3. The maximum absolute atomic E-state index is 5.89. The van der Waals surface area contributed by atoms with E-state index in [9.17, 15) is 0 Å². The van der Waals surface area contributed by atoms with Crippen LogP contribution < -0.4 is 15.4 Å². The third-order valence-corrected chi connectivity index (χ3v) is 4.78. The Morgan fingerprint density at radius 3 is 2.10 bits per heavy atom. The SMILES string of the molecule is COc1ccc(C(ON)c2ccc(OCc3ccc4ccccc4n3)cc2)cc1. The van der Waals surface area contributed by atoms with E-state index in [-0.39, 0.29) is 6.10 Å². The van der Waals surface area contributed by atoms with Crippen molar-refractivity contribution >= 4 is 10.9 Å². The van der Waals surface area contributed by atoms with Crippen LogP contribution in [0.25, 0.3) is 10.9 Å². The highest BCUT2D eigenvalue weighted by Crippen LogP contribution is 2.28. The molecule has 0 amide bonds. The fourth-order valence-electron chi connectivity index (χ4n) is 3.21. The summed E-state index contributed by atoms with van der Waals surface area (Å²) in [7, 11) is 1.64. The molecule has 0 aliphatic rings. The van der Waals surface area contributed by atoms with Crippen molar-refractivity contribution in [3.63, 3.8) is 0 Å². The summed E-state index contributed by atoms with van der Waals surface area (Å²) in [5, 5.41) is 1.12. The first-order valence-electron chi connectivity index (χ1n) is 9.34. The average molecular weight is 386 g/mol. The van der Waals surface area contributed by atoms with Gasteiger partial charge >= 0.3 is 0 Å². The van der Waals surface area contributed by atoms with Crippen molar-refractivity contribution in [1.29, 1.82) is 0 Å². The molecule has 0 radical (unpaired) electrons. The molecule has 4 aromatic rings. The van der Waals surface area contributed by atoms with Crippen molar-refractivity contribution in [3.8, 4) is 11.5 Å². The van der Waals surface area contributed by atoms with Gasteiger partial charge in [-0.2, -0.15) is 0 Å². The van der Waals surface area contributed by atoms with E-state index in [0.717, 1.165) is 39.2 Å². The first-order valence-corrected chi connectivity index (χ1v) is 9.34. The zero-order chi connectivity index (χ0) is 20.1. The van der Waals surface area contributed by atoms with Gasteiger partial charge in [-0.3, -0.25) is 4.84 Å². The van der Waals surface area contributed by atoms with E-state index in [2.05, 4.69) is 11.1 Å². The number of nitrogens with two attached hydrogens (primary N) is 1. The second-order valence-electron chi connectivity index (χ2n) is 6.64. The van der Waals surface area contributed by atoms with Crippen LogP contribution in [0.1, 0.15) is 22.9 Å². The zero-order valence-electron chi connectivity index (χ0n) is 16.1. The first-order chi connectivity index (χ1) is 14.3. The molecule has 1 heterocycles. The molecule has 2 N–H and O–H groups in total. The Morgan fingerprint density at radius 1 is 0.793 bits per heavy atom. The predicted octanol–water partition coefficient (Wildman–Crippen LogP) is 4.80. The zero-order valence-corrected chi connectivity index (χ0v) is 16.1. The molecule has 0 spiro atoms. The van der Waals surface area contributed by atoms with Crippen LogP contribution in [0, 0.1) is 0 Å². The molecule has 3 aromatic carbocycles. The van der Waals surface area contributed by atoms with Crippen molar-refractivity contribution in [3.05, 3.63) is 102 Å². The highest BCUT2D eigenvalue weighted by atomic mass is 16.6. The second kappa shape index (κ2) is 8.73. The Hall–Kier alpha value is -3.41. The highest BCUT2D eigenvalue weighted by Gasteiger charge is 2.14. The molecule has 0 saturated carbocycles. The minimum absolute atomic E-state index is 0.364. The van der Waals surface area contributed by atoms with E-state index < -0.39 is 0 Å². The summed E-state index contributed by atoms with van der Waals surface area (Å²) < 4.78 is 11.1. The number of ether oxygens (including phenoxy) is 2. The van der Waals surface area contributed by atoms with Crippen LogP contribution >= 0.6 is 0 Å². The van der Waals surface area contributed by atoms with E-state index in [0.29, 0.717) is 6.61 Å². The lowest BCUT2D eigenvalue weighted by Gasteiger charge is -2.16. The van der Waals surface area contributed by atoms with Gasteiger partial charge in [0.2, 0.25) is 0 Å². The number of benzene rings is 3. The third-order valence-electron chi connectivity index (χ3n) is 4.78. The summed E-state index contributed by atoms with van der Waals surface area (Å²) in [5.74, 6) is 7.10.